The summed E-state index contributed by atoms with van der Waals surface area (Å²) >= 11 is 0. The maximum Gasteiger partial charge on any atom is 0.235 e. The predicted molar refractivity (Wildman–Crippen MR) is 83.4 cm³/mol. The van der Waals surface area contributed by atoms with E-state index in [1.165, 1.54) is 0 Å². The van der Waals surface area contributed by atoms with Gasteiger partial charge >= 0.3 is 0 Å². The highest BCUT2D eigenvalue weighted by atomic mass is 32.2. The molecule has 118 valence electrons. The molecule has 1 aliphatic rings. The van der Waals surface area contributed by atoms with Crippen LogP contribution in [0.3, 0.4) is 0 Å². The van der Waals surface area contributed by atoms with E-state index >= 15 is 0 Å². The Bertz CT molecular complexity index is 667. The van der Waals surface area contributed by atoms with Gasteiger partial charge in [0.25, 0.3) is 0 Å². The zero-order valence-electron chi connectivity index (χ0n) is 11.7. The molecule has 0 aromatic heterocycles. The van der Waals surface area contributed by atoms with Crippen LogP contribution < -0.4 is 10.5 Å². The van der Waals surface area contributed by atoms with Crippen molar-refractivity contribution in [3.05, 3.63) is 29.8 Å². The zero-order chi connectivity index (χ0) is 15.5. The number of rotatable bonds is 5. The van der Waals surface area contributed by atoms with Gasteiger partial charge in [-0.15, -0.1) is 0 Å². The van der Waals surface area contributed by atoms with Gasteiger partial charge in [-0.3, -0.25) is 4.72 Å². The van der Waals surface area contributed by atoms with E-state index < -0.39 is 25.1 Å². The van der Waals surface area contributed by atoms with Crippen LogP contribution in [0.4, 0.5) is 5.69 Å². The number of hydrogen-bond donors (Lipinski definition) is 2. The lowest BCUT2D eigenvalue weighted by Crippen LogP contribution is -2.36. The lowest BCUT2D eigenvalue weighted by Gasteiger charge is -2.22. The van der Waals surface area contributed by atoms with E-state index in [0.29, 0.717) is 12.2 Å². The van der Waals surface area contributed by atoms with Crippen LogP contribution in [0.2, 0.25) is 0 Å². The minimum Gasteiger partial charge on any atom is -0.330 e. The lowest BCUT2D eigenvalue weighted by molar-refractivity contribution is 0.555. The minimum atomic E-state index is -3.55. The van der Waals surface area contributed by atoms with Crippen molar-refractivity contribution in [3.8, 4) is 0 Å². The summed E-state index contributed by atoms with van der Waals surface area (Å²) in [7, 11) is -6.62. The highest BCUT2D eigenvalue weighted by Gasteiger charge is 2.32. The standard InChI is InChI=1S/C13H20N2O4S2/c14-8-5-11-1-3-12(4-2-11)15-21(18,19)13-6-9-20(16,17)10-7-13/h1-4,13,15H,5-10,14H2. The number of benzene rings is 1. The third-order valence-corrected chi connectivity index (χ3v) is 7.17. The third-order valence-electron chi connectivity index (χ3n) is 3.59. The molecule has 6 nitrogen and oxygen atoms in total. The van der Waals surface area contributed by atoms with Crippen molar-refractivity contribution in [1.29, 1.82) is 0 Å². The summed E-state index contributed by atoms with van der Waals surface area (Å²) in [6.07, 6.45) is 1.05. The summed E-state index contributed by atoms with van der Waals surface area (Å²) in [5.74, 6) is -0.123. The van der Waals surface area contributed by atoms with E-state index in [-0.39, 0.29) is 24.3 Å². The molecule has 1 heterocycles. The molecule has 1 saturated heterocycles. The number of nitrogens with one attached hydrogen (secondary N) is 1. The first-order chi connectivity index (χ1) is 9.82. The molecule has 8 heteroatoms. The first-order valence-corrected chi connectivity index (χ1v) is 10.2. The average Bonchev–Trinajstić information content (AvgIpc) is 2.40. The second-order valence-corrected chi connectivity index (χ2v) is 9.50. The minimum absolute atomic E-state index is 0.0615. The number of nitrogens with two attached hydrogens (primary N) is 1. The molecule has 0 amide bonds. The van der Waals surface area contributed by atoms with Crippen molar-refractivity contribution >= 4 is 25.5 Å². The Labute approximate surface area is 125 Å². The molecule has 2 rings (SSSR count). The smallest absolute Gasteiger partial charge is 0.235 e. The van der Waals surface area contributed by atoms with Crippen LogP contribution in [0.15, 0.2) is 24.3 Å². The van der Waals surface area contributed by atoms with Gasteiger partial charge in [0.1, 0.15) is 9.84 Å². The molecule has 0 atom stereocenters. The summed E-state index contributed by atoms with van der Waals surface area (Å²) in [4.78, 5) is 0. The van der Waals surface area contributed by atoms with Crippen molar-refractivity contribution in [2.75, 3.05) is 22.8 Å². The molecule has 0 bridgehead atoms. The van der Waals surface area contributed by atoms with Gasteiger partial charge in [-0.2, -0.15) is 0 Å². The summed E-state index contributed by atoms with van der Waals surface area (Å²) in [5, 5.41) is -0.648. The molecule has 0 spiro atoms. The fraction of sp³-hybridized carbons (Fsp3) is 0.538. The molecule has 1 aromatic carbocycles. The van der Waals surface area contributed by atoms with Crippen molar-refractivity contribution in [1.82, 2.24) is 0 Å². The van der Waals surface area contributed by atoms with E-state index in [9.17, 15) is 16.8 Å². The lowest BCUT2D eigenvalue weighted by atomic mass is 10.1. The van der Waals surface area contributed by atoms with Crippen LogP contribution in [-0.2, 0) is 26.3 Å². The second kappa shape index (κ2) is 6.33. The number of anilines is 1. The third kappa shape index (κ3) is 4.42. The number of sulfonamides is 1. The number of sulfone groups is 1. The highest BCUT2D eigenvalue weighted by Crippen LogP contribution is 2.22. The van der Waals surface area contributed by atoms with E-state index in [2.05, 4.69) is 4.72 Å². The molecule has 0 radical (unpaired) electrons. The van der Waals surface area contributed by atoms with Crippen LogP contribution in [-0.4, -0.2) is 40.1 Å². The number of hydrogen-bond acceptors (Lipinski definition) is 5. The largest absolute Gasteiger partial charge is 0.330 e. The fourth-order valence-electron chi connectivity index (χ4n) is 2.33. The predicted octanol–water partition coefficient (Wildman–Crippen LogP) is 0.507. The molecule has 0 unspecified atom stereocenters. The Hall–Kier alpha value is -1.12. The molecule has 1 fully saturated rings. The zero-order valence-corrected chi connectivity index (χ0v) is 13.3. The van der Waals surface area contributed by atoms with Crippen molar-refractivity contribution in [2.45, 2.75) is 24.5 Å². The second-order valence-electron chi connectivity index (χ2n) is 5.23. The van der Waals surface area contributed by atoms with E-state index in [4.69, 9.17) is 5.73 Å². The van der Waals surface area contributed by atoms with Gasteiger partial charge in [-0.25, -0.2) is 16.8 Å². The first-order valence-electron chi connectivity index (χ1n) is 6.83. The Morgan fingerprint density at radius 1 is 1.14 bits per heavy atom. The molecule has 0 saturated carbocycles. The Morgan fingerprint density at radius 2 is 1.71 bits per heavy atom. The van der Waals surface area contributed by atoms with Gasteiger partial charge in [-0.05, 0) is 43.5 Å². The van der Waals surface area contributed by atoms with Gasteiger partial charge in [0.05, 0.1) is 16.8 Å². The normalized spacial score (nSPS) is 19.3. The quantitative estimate of drug-likeness (QED) is 0.817. The van der Waals surface area contributed by atoms with Crippen LogP contribution in [0.25, 0.3) is 0 Å². The van der Waals surface area contributed by atoms with Crippen LogP contribution in [0, 0.1) is 0 Å². The van der Waals surface area contributed by atoms with Gasteiger partial charge in [0.2, 0.25) is 10.0 Å². The molecule has 3 N–H and O–H groups in total. The van der Waals surface area contributed by atoms with E-state index in [1.807, 2.05) is 12.1 Å². The summed E-state index contributed by atoms with van der Waals surface area (Å²) in [6, 6.07) is 7.05. The van der Waals surface area contributed by atoms with Gasteiger partial charge < -0.3 is 5.73 Å². The highest BCUT2D eigenvalue weighted by molar-refractivity contribution is 7.94. The topological polar surface area (TPSA) is 106 Å². The summed E-state index contributed by atoms with van der Waals surface area (Å²) in [5.41, 5.74) is 6.99. The fourth-order valence-corrected chi connectivity index (χ4v) is 5.61. The SMILES string of the molecule is NCCc1ccc(NS(=O)(=O)C2CCS(=O)(=O)CC2)cc1. The van der Waals surface area contributed by atoms with E-state index in [0.717, 1.165) is 12.0 Å². The van der Waals surface area contributed by atoms with Gasteiger partial charge in [0.15, 0.2) is 0 Å². The molecular formula is C13H20N2O4S2. The monoisotopic (exact) mass is 332 g/mol. The van der Waals surface area contributed by atoms with Crippen LogP contribution >= 0.6 is 0 Å². The van der Waals surface area contributed by atoms with Gasteiger partial charge in [-0.1, -0.05) is 12.1 Å². The molecule has 0 aliphatic carbocycles. The molecule has 1 aromatic rings. The van der Waals surface area contributed by atoms with Crippen molar-refractivity contribution in [3.63, 3.8) is 0 Å². The Morgan fingerprint density at radius 3 is 2.24 bits per heavy atom. The Balaban J connectivity index is 2.04. The maximum absolute atomic E-state index is 12.3. The average molecular weight is 332 g/mol. The van der Waals surface area contributed by atoms with Crippen molar-refractivity contribution < 1.29 is 16.8 Å². The molecule has 21 heavy (non-hydrogen) atoms. The van der Waals surface area contributed by atoms with Gasteiger partial charge in [0, 0.05) is 5.69 Å². The van der Waals surface area contributed by atoms with Crippen molar-refractivity contribution in [2.24, 2.45) is 5.73 Å². The molecular weight excluding hydrogens is 312 g/mol. The van der Waals surface area contributed by atoms with E-state index in [1.54, 1.807) is 12.1 Å². The van der Waals surface area contributed by atoms with Crippen LogP contribution in [0.1, 0.15) is 18.4 Å². The first kappa shape index (κ1) is 16.3. The Kier molecular flexibility index (Phi) is 4.90. The maximum atomic E-state index is 12.3. The van der Waals surface area contributed by atoms with Crippen LogP contribution in [0.5, 0.6) is 0 Å². The summed E-state index contributed by atoms with van der Waals surface area (Å²) < 4.78 is 49.7. The molecule has 1 aliphatic heterocycles. The summed E-state index contributed by atoms with van der Waals surface area (Å²) in [6.45, 7) is 0.543.